The highest BCUT2D eigenvalue weighted by molar-refractivity contribution is 5.95. The van der Waals surface area contributed by atoms with Gasteiger partial charge in [-0.05, 0) is 35.9 Å². The van der Waals surface area contributed by atoms with E-state index in [-0.39, 0.29) is 11.7 Å². The van der Waals surface area contributed by atoms with Crippen molar-refractivity contribution in [1.82, 2.24) is 4.90 Å². The molecule has 0 unspecified atom stereocenters. The molecule has 24 heavy (non-hydrogen) atoms. The average molecular weight is 334 g/mol. The van der Waals surface area contributed by atoms with Crippen LogP contribution in [-0.4, -0.2) is 38.6 Å². The van der Waals surface area contributed by atoms with E-state index in [1.165, 1.54) is 12.1 Å². The standard InChI is InChI=1S/C18H20F2N2O2/c1-21(2)15-6-4-5-14(11-15)17(23)22(3)12-13-7-9-16(10-8-13)24-18(19)20/h4-11,18H,12H2,1-3H3. The molecule has 0 saturated carbocycles. The summed E-state index contributed by atoms with van der Waals surface area (Å²) in [6.07, 6.45) is 0. The molecule has 1 amide bonds. The van der Waals surface area contributed by atoms with E-state index in [0.717, 1.165) is 11.3 Å². The lowest BCUT2D eigenvalue weighted by atomic mass is 10.1. The molecule has 0 aliphatic heterocycles. The molecule has 2 aromatic rings. The number of anilines is 1. The van der Waals surface area contributed by atoms with Crippen molar-refractivity contribution in [3.05, 3.63) is 59.7 Å². The Balaban J connectivity index is 2.04. The predicted molar refractivity (Wildman–Crippen MR) is 89.6 cm³/mol. The molecule has 6 heteroatoms. The Bertz CT molecular complexity index is 688. The van der Waals surface area contributed by atoms with Gasteiger partial charge in [0.25, 0.3) is 5.91 Å². The predicted octanol–water partition coefficient (Wildman–Crippen LogP) is 3.63. The van der Waals surface area contributed by atoms with E-state index in [2.05, 4.69) is 4.74 Å². The Morgan fingerprint density at radius 1 is 1.08 bits per heavy atom. The SMILES string of the molecule is CN(Cc1ccc(OC(F)F)cc1)C(=O)c1cccc(N(C)C)c1. The number of ether oxygens (including phenoxy) is 1. The molecule has 0 radical (unpaired) electrons. The summed E-state index contributed by atoms with van der Waals surface area (Å²) in [5, 5.41) is 0. The van der Waals surface area contributed by atoms with Crippen LogP contribution in [0.25, 0.3) is 0 Å². The summed E-state index contributed by atoms with van der Waals surface area (Å²) in [5.74, 6) is -0.00646. The van der Waals surface area contributed by atoms with Gasteiger partial charge in [0, 0.05) is 38.9 Å². The first-order chi connectivity index (χ1) is 11.4. The number of hydrogen-bond acceptors (Lipinski definition) is 3. The molecular weight excluding hydrogens is 314 g/mol. The highest BCUT2D eigenvalue weighted by Gasteiger charge is 2.13. The zero-order chi connectivity index (χ0) is 17.7. The topological polar surface area (TPSA) is 32.8 Å². The quantitative estimate of drug-likeness (QED) is 0.809. The van der Waals surface area contributed by atoms with Gasteiger partial charge in [0.15, 0.2) is 0 Å². The smallest absolute Gasteiger partial charge is 0.387 e. The molecule has 0 heterocycles. The number of carbonyl (C=O) groups excluding carboxylic acids is 1. The number of halogens is 2. The lowest BCUT2D eigenvalue weighted by Crippen LogP contribution is -2.26. The van der Waals surface area contributed by atoms with Crippen molar-refractivity contribution in [2.24, 2.45) is 0 Å². The van der Waals surface area contributed by atoms with Gasteiger partial charge < -0.3 is 14.5 Å². The van der Waals surface area contributed by atoms with Crippen molar-refractivity contribution in [3.63, 3.8) is 0 Å². The lowest BCUT2D eigenvalue weighted by Gasteiger charge is -2.19. The van der Waals surface area contributed by atoms with E-state index in [1.807, 2.05) is 37.2 Å². The minimum absolute atomic E-state index is 0.0985. The van der Waals surface area contributed by atoms with E-state index < -0.39 is 6.61 Å². The number of carbonyl (C=O) groups is 1. The molecule has 0 fully saturated rings. The van der Waals surface area contributed by atoms with Gasteiger partial charge in [-0.25, -0.2) is 0 Å². The van der Waals surface area contributed by atoms with E-state index in [9.17, 15) is 13.6 Å². The van der Waals surface area contributed by atoms with Crippen LogP contribution in [0.5, 0.6) is 5.75 Å². The van der Waals surface area contributed by atoms with E-state index in [4.69, 9.17) is 0 Å². The van der Waals surface area contributed by atoms with Gasteiger partial charge in [-0.15, -0.1) is 0 Å². The molecule has 0 saturated heterocycles. The number of benzene rings is 2. The van der Waals surface area contributed by atoms with Crippen molar-refractivity contribution in [2.45, 2.75) is 13.2 Å². The third-order valence-electron chi connectivity index (χ3n) is 3.52. The summed E-state index contributed by atoms with van der Waals surface area (Å²) < 4.78 is 28.6. The van der Waals surface area contributed by atoms with Crippen molar-refractivity contribution in [2.75, 3.05) is 26.0 Å². The molecule has 2 rings (SSSR count). The van der Waals surface area contributed by atoms with Crippen LogP contribution in [-0.2, 0) is 6.54 Å². The second-order valence-electron chi connectivity index (χ2n) is 5.63. The first kappa shape index (κ1) is 17.7. The number of amides is 1. The Kier molecular flexibility index (Phi) is 5.73. The molecule has 0 atom stereocenters. The normalized spacial score (nSPS) is 10.6. The zero-order valence-electron chi connectivity index (χ0n) is 13.9. The second kappa shape index (κ2) is 7.77. The third-order valence-corrected chi connectivity index (χ3v) is 3.52. The maximum Gasteiger partial charge on any atom is 0.387 e. The van der Waals surface area contributed by atoms with Crippen molar-refractivity contribution < 1.29 is 18.3 Å². The van der Waals surface area contributed by atoms with Crippen LogP contribution in [0.4, 0.5) is 14.5 Å². The molecule has 4 nitrogen and oxygen atoms in total. The first-order valence-electron chi connectivity index (χ1n) is 7.43. The lowest BCUT2D eigenvalue weighted by molar-refractivity contribution is -0.0498. The number of rotatable bonds is 6. The summed E-state index contributed by atoms with van der Waals surface area (Å²) in [6, 6.07) is 13.6. The Morgan fingerprint density at radius 2 is 1.75 bits per heavy atom. The van der Waals surface area contributed by atoms with Crippen LogP contribution in [0, 0.1) is 0 Å². The Labute approximate surface area is 140 Å². The Morgan fingerprint density at radius 3 is 2.33 bits per heavy atom. The molecule has 0 aromatic heterocycles. The maximum atomic E-state index is 12.5. The summed E-state index contributed by atoms with van der Waals surface area (Å²) >= 11 is 0. The second-order valence-corrected chi connectivity index (χ2v) is 5.63. The fraction of sp³-hybridized carbons (Fsp3) is 0.278. The molecule has 0 aliphatic carbocycles. The van der Waals surface area contributed by atoms with Gasteiger partial charge in [-0.2, -0.15) is 8.78 Å². The number of alkyl halides is 2. The monoisotopic (exact) mass is 334 g/mol. The fourth-order valence-electron chi connectivity index (χ4n) is 2.26. The average Bonchev–Trinajstić information content (AvgIpc) is 2.55. The highest BCUT2D eigenvalue weighted by atomic mass is 19.3. The number of hydrogen-bond donors (Lipinski definition) is 0. The van der Waals surface area contributed by atoms with Gasteiger partial charge in [0.1, 0.15) is 5.75 Å². The summed E-state index contributed by atoms with van der Waals surface area (Å²) in [6.45, 7) is -2.47. The minimum atomic E-state index is -2.84. The van der Waals surface area contributed by atoms with Crippen LogP contribution < -0.4 is 9.64 Å². The molecular formula is C18H20F2N2O2. The van der Waals surface area contributed by atoms with Crippen LogP contribution in [0.15, 0.2) is 48.5 Å². The van der Waals surface area contributed by atoms with E-state index in [0.29, 0.717) is 12.1 Å². The van der Waals surface area contributed by atoms with Gasteiger partial charge in [0.05, 0.1) is 0 Å². The minimum Gasteiger partial charge on any atom is -0.435 e. The zero-order valence-corrected chi connectivity index (χ0v) is 13.9. The van der Waals surface area contributed by atoms with Gasteiger partial charge in [-0.3, -0.25) is 4.79 Å². The van der Waals surface area contributed by atoms with Crippen LogP contribution in [0.1, 0.15) is 15.9 Å². The molecule has 0 bridgehead atoms. The van der Waals surface area contributed by atoms with E-state index >= 15 is 0 Å². The summed E-state index contributed by atoms with van der Waals surface area (Å²) in [4.78, 5) is 16.0. The van der Waals surface area contributed by atoms with Crippen LogP contribution >= 0.6 is 0 Å². The van der Waals surface area contributed by atoms with Crippen LogP contribution in [0.2, 0.25) is 0 Å². The molecule has 0 aliphatic rings. The van der Waals surface area contributed by atoms with Gasteiger partial charge in [0.2, 0.25) is 0 Å². The fourth-order valence-corrected chi connectivity index (χ4v) is 2.26. The van der Waals surface area contributed by atoms with E-state index in [1.54, 1.807) is 30.1 Å². The van der Waals surface area contributed by atoms with Crippen molar-refractivity contribution in [1.29, 1.82) is 0 Å². The summed E-state index contributed by atoms with van der Waals surface area (Å²) in [5.41, 5.74) is 2.38. The largest absolute Gasteiger partial charge is 0.435 e. The molecule has 128 valence electrons. The maximum absolute atomic E-state index is 12.5. The Hall–Kier alpha value is -2.63. The molecule has 0 N–H and O–H groups in total. The van der Waals surface area contributed by atoms with Crippen molar-refractivity contribution in [3.8, 4) is 5.75 Å². The van der Waals surface area contributed by atoms with Gasteiger partial charge >= 0.3 is 6.61 Å². The third kappa shape index (κ3) is 4.68. The molecule has 0 spiro atoms. The van der Waals surface area contributed by atoms with Gasteiger partial charge in [-0.1, -0.05) is 18.2 Å². The first-order valence-corrected chi connectivity index (χ1v) is 7.43. The molecule has 2 aromatic carbocycles. The number of nitrogens with zero attached hydrogens (tertiary/aromatic N) is 2. The highest BCUT2D eigenvalue weighted by Crippen LogP contribution is 2.18. The van der Waals surface area contributed by atoms with Crippen LogP contribution in [0.3, 0.4) is 0 Å². The van der Waals surface area contributed by atoms with Crippen molar-refractivity contribution >= 4 is 11.6 Å². The summed E-state index contributed by atoms with van der Waals surface area (Å²) in [7, 11) is 5.53.